The molecule has 0 aliphatic carbocycles. The normalized spacial score (nSPS) is 19.8. The van der Waals surface area contributed by atoms with Gasteiger partial charge in [-0.15, -0.1) is 0 Å². The van der Waals surface area contributed by atoms with Gasteiger partial charge in [-0.2, -0.15) is 9.40 Å². The van der Waals surface area contributed by atoms with Crippen LogP contribution in [0.1, 0.15) is 24.4 Å². The van der Waals surface area contributed by atoms with Gasteiger partial charge < -0.3 is 10.1 Å². The van der Waals surface area contributed by atoms with E-state index in [4.69, 9.17) is 4.74 Å². The van der Waals surface area contributed by atoms with Crippen LogP contribution in [0, 0.1) is 6.92 Å². The molecule has 4 rings (SSSR count). The van der Waals surface area contributed by atoms with E-state index in [0.29, 0.717) is 25.1 Å². The Morgan fingerprint density at radius 2 is 1.96 bits per heavy atom. The summed E-state index contributed by atoms with van der Waals surface area (Å²) in [5, 5.41) is 7.74. The Morgan fingerprint density at radius 1 is 1.22 bits per heavy atom. The smallest absolute Gasteiger partial charge is 0.223 e. The van der Waals surface area contributed by atoms with E-state index in [-0.39, 0.29) is 6.04 Å². The number of sulfonamides is 1. The fourth-order valence-corrected chi connectivity index (χ4v) is 4.30. The van der Waals surface area contributed by atoms with Crippen LogP contribution in [0.2, 0.25) is 0 Å². The lowest BCUT2D eigenvalue weighted by Gasteiger charge is -2.37. The molecule has 4 heterocycles. The van der Waals surface area contributed by atoms with E-state index in [0.717, 1.165) is 42.9 Å². The van der Waals surface area contributed by atoms with E-state index in [1.165, 1.54) is 10.6 Å². The molecule has 2 aromatic heterocycles. The largest absolute Gasteiger partial charge is 0.381 e. The second-order valence-electron chi connectivity index (χ2n) is 7.20. The summed E-state index contributed by atoms with van der Waals surface area (Å²) in [5.74, 6) is 0.507. The van der Waals surface area contributed by atoms with Crippen molar-refractivity contribution >= 4 is 16.0 Å². The van der Waals surface area contributed by atoms with Crippen molar-refractivity contribution in [3.05, 3.63) is 24.2 Å². The fraction of sp³-hybridized carbons (Fsp3) is 0.588. The zero-order chi connectivity index (χ0) is 19.0. The Labute approximate surface area is 158 Å². The van der Waals surface area contributed by atoms with Crippen molar-refractivity contribution in [2.75, 3.05) is 37.9 Å². The first kappa shape index (κ1) is 18.3. The van der Waals surface area contributed by atoms with Crippen molar-refractivity contribution in [2.24, 2.45) is 0 Å². The average molecular weight is 392 g/mol. The van der Waals surface area contributed by atoms with Crippen LogP contribution in [-0.4, -0.2) is 71.1 Å². The van der Waals surface area contributed by atoms with Gasteiger partial charge in [0.2, 0.25) is 16.0 Å². The van der Waals surface area contributed by atoms with Gasteiger partial charge in [-0.05, 0) is 25.3 Å². The third kappa shape index (κ3) is 3.97. The molecule has 0 bridgehead atoms. The summed E-state index contributed by atoms with van der Waals surface area (Å²) < 4.78 is 31.8. The summed E-state index contributed by atoms with van der Waals surface area (Å²) in [5.41, 5.74) is 2.76. The first-order valence-corrected chi connectivity index (χ1v) is 10.9. The topological polar surface area (TPSA) is 102 Å². The van der Waals surface area contributed by atoms with Crippen LogP contribution in [-0.2, 0) is 14.8 Å². The van der Waals surface area contributed by atoms with Crippen molar-refractivity contribution in [1.82, 2.24) is 24.1 Å². The van der Waals surface area contributed by atoms with Gasteiger partial charge in [-0.25, -0.2) is 18.4 Å². The predicted molar refractivity (Wildman–Crippen MR) is 101 cm³/mol. The van der Waals surface area contributed by atoms with Crippen LogP contribution in [0.25, 0.3) is 11.3 Å². The van der Waals surface area contributed by atoms with Crippen molar-refractivity contribution in [3.8, 4) is 11.3 Å². The van der Waals surface area contributed by atoms with Crippen LogP contribution in [0.15, 0.2) is 18.6 Å². The van der Waals surface area contributed by atoms with E-state index in [9.17, 15) is 8.42 Å². The number of rotatable bonds is 5. The number of nitrogens with one attached hydrogen (secondary N) is 1. The highest BCUT2D eigenvalue weighted by atomic mass is 32.2. The van der Waals surface area contributed by atoms with Crippen molar-refractivity contribution in [2.45, 2.75) is 31.8 Å². The molecule has 2 fully saturated rings. The molecule has 0 atom stereocenters. The molecule has 1 N–H and O–H groups in total. The second-order valence-corrected chi connectivity index (χ2v) is 9.18. The Morgan fingerprint density at radius 3 is 2.67 bits per heavy atom. The molecule has 2 saturated heterocycles. The third-order valence-corrected chi connectivity index (χ3v) is 6.30. The van der Waals surface area contributed by atoms with Gasteiger partial charge in [0.25, 0.3) is 0 Å². The van der Waals surface area contributed by atoms with E-state index < -0.39 is 10.0 Å². The highest BCUT2D eigenvalue weighted by molar-refractivity contribution is 7.88. The molecular formula is C17H24N6O3S. The highest BCUT2D eigenvalue weighted by Gasteiger charge is 2.33. The summed E-state index contributed by atoms with van der Waals surface area (Å²) in [6.07, 6.45) is 8.81. The van der Waals surface area contributed by atoms with Crippen LogP contribution in [0.3, 0.4) is 0 Å². The first-order chi connectivity index (χ1) is 12.9. The summed E-state index contributed by atoms with van der Waals surface area (Å²) in [6, 6.07) is 0.393. The van der Waals surface area contributed by atoms with Gasteiger partial charge in [0.15, 0.2) is 0 Å². The SMILES string of the molecule is Cc1cnc(NC2CN(S(C)(=O)=O)C2)nc1-c1cnn(C2CCOCC2)c1. The lowest BCUT2D eigenvalue weighted by Crippen LogP contribution is -2.56. The van der Waals surface area contributed by atoms with E-state index in [2.05, 4.69) is 20.4 Å². The standard InChI is InChI=1S/C17H24N6O3S/c1-12-7-18-17(20-14-10-22(11-14)27(2,24)25)21-16(12)13-8-19-23(9-13)15-3-5-26-6-4-15/h7-9,14-15H,3-6,10-11H2,1-2H3,(H,18,20,21). The summed E-state index contributed by atoms with van der Waals surface area (Å²) >= 11 is 0. The number of ether oxygens (including phenoxy) is 1. The van der Waals surface area contributed by atoms with Crippen molar-refractivity contribution < 1.29 is 13.2 Å². The monoisotopic (exact) mass is 392 g/mol. The van der Waals surface area contributed by atoms with Gasteiger partial charge >= 0.3 is 0 Å². The van der Waals surface area contributed by atoms with Crippen LogP contribution in [0.4, 0.5) is 5.95 Å². The molecule has 0 saturated carbocycles. The molecule has 27 heavy (non-hydrogen) atoms. The van der Waals surface area contributed by atoms with Crippen molar-refractivity contribution in [1.29, 1.82) is 0 Å². The lowest BCUT2D eigenvalue weighted by atomic mass is 10.1. The molecule has 146 valence electrons. The predicted octanol–water partition coefficient (Wildman–Crippen LogP) is 1.06. The van der Waals surface area contributed by atoms with Gasteiger partial charge in [0.1, 0.15) is 0 Å². The van der Waals surface area contributed by atoms with Gasteiger partial charge in [0.05, 0.1) is 30.2 Å². The lowest BCUT2D eigenvalue weighted by molar-refractivity contribution is 0.0662. The minimum atomic E-state index is -3.12. The summed E-state index contributed by atoms with van der Waals surface area (Å²) in [6.45, 7) is 4.39. The number of nitrogens with zero attached hydrogens (tertiary/aromatic N) is 5. The maximum absolute atomic E-state index is 11.5. The Hall–Kier alpha value is -2.04. The molecule has 2 aliphatic heterocycles. The van der Waals surface area contributed by atoms with E-state index >= 15 is 0 Å². The number of aryl methyl sites for hydroxylation is 1. The van der Waals surface area contributed by atoms with Gasteiger partial charge in [0, 0.05) is 44.3 Å². The molecule has 9 nitrogen and oxygen atoms in total. The molecule has 2 aromatic rings. The fourth-order valence-electron chi connectivity index (χ4n) is 3.40. The third-order valence-electron chi connectivity index (χ3n) is 5.06. The van der Waals surface area contributed by atoms with E-state index in [1.807, 2.05) is 24.0 Å². The quantitative estimate of drug-likeness (QED) is 0.811. The molecule has 2 aliphatic rings. The number of aromatic nitrogens is 4. The molecule has 0 unspecified atom stereocenters. The Balaban J connectivity index is 1.47. The molecule has 0 amide bonds. The van der Waals surface area contributed by atoms with Crippen LogP contribution >= 0.6 is 0 Å². The molecular weight excluding hydrogens is 368 g/mol. The van der Waals surface area contributed by atoms with Crippen LogP contribution < -0.4 is 5.32 Å². The minimum Gasteiger partial charge on any atom is -0.381 e. The van der Waals surface area contributed by atoms with Crippen LogP contribution in [0.5, 0.6) is 0 Å². The molecule has 0 aromatic carbocycles. The zero-order valence-corrected chi connectivity index (χ0v) is 16.3. The molecule has 10 heteroatoms. The molecule has 0 spiro atoms. The maximum Gasteiger partial charge on any atom is 0.223 e. The Kier molecular flexibility index (Phi) is 4.87. The number of hydrogen-bond acceptors (Lipinski definition) is 7. The second kappa shape index (κ2) is 7.17. The van der Waals surface area contributed by atoms with Gasteiger partial charge in [-0.3, -0.25) is 4.68 Å². The number of hydrogen-bond donors (Lipinski definition) is 1. The minimum absolute atomic E-state index is 0.0280. The zero-order valence-electron chi connectivity index (χ0n) is 15.5. The average Bonchev–Trinajstić information content (AvgIpc) is 3.08. The first-order valence-electron chi connectivity index (χ1n) is 9.08. The summed E-state index contributed by atoms with van der Waals surface area (Å²) in [7, 11) is -3.12. The molecule has 0 radical (unpaired) electrons. The number of anilines is 1. The summed E-state index contributed by atoms with van der Waals surface area (Å²) in [4.78, 5) is 8.98. The van der Waals surface area contributed by atoms with Crippen molar-refractivity contribution in [3.63, 3.8) is 0 Å². The van der Waals surface area contributed by atoms with Gasteiger partial charge in [-0.1, -0.05) is 0 Å². The van der Waals surface area contributed by atoms with E-state index in [1.54, 1.807) is 6.20 Å². The maximum atomic E-state index is 11.5. The highest BCUT2D eigenvalue weighted by Crippen LogP contribution is 2.26. The Bertz CT molecular complexity index is 917.